The van der Waals surface area contributed by atoms with Gasteiger partial charge >= 0.3 is 16.5 Å². The van der Waals surface area contributed by atoms with Gasteiger partial charge in [0, 0.05) is 13.1 Å². The molecule has 0 aromatic carbocycles. The standard InChI is InChI=1S/C4H8N2S4.2H3N.Ni/c7-3(8)5-1-2-6-4(9)10;;;/h1-2H2,(H2,5,7,8)(H2,6,9,10);2*1H3;/q;;;+2/p-2. The van der Waals surface area contributed by atoms with Crippen LogP contribution in [-0.2, 0) is 41.7 Å². The molecular weight excluding hydrogens is 291 g/mol. The molecule has 0 saturated heterocycles. The van der Waals surface area contributed by atoms with Gasteiger partial charge < -0.3 is 72.6 Å². The maximum atomic E-state index is 4.59. The van der Waals surface area contributed by atoms with E-state index in [0.717, 1.165) is 0 Å². The van der Waals surface area contributed by atoms with E-state index in [1.54, 1.807) is 0 Å². The predicted molar refractivity (Wildman–Crippen MR) is 66.0 cm³/mol. The molecule has 0 aromatic heterocycles. The molecule has 0 fully saturated rings. The van der Waals surface area contributed by atoms with Gasteiger partial charge in [-0.3, -0.25) is 0 Å². The Bertz CT molecular complexity index is 128. The Kier molecular flexibility index (Phi) is 27.3. The molecule has 0 rings (SSSR count). The second-order valence-electron chi connectivity index (χ2n) is 1.43. The first-order valence-corrected chi connectivity index (χ1v) is 4.16. The van der Waals surface area contributed by atoms with Crippen LogP contribution in [0.1, 0.15) is 0 Å². The zero-order valence-corrected chi connectivity index (χ0v) is 11.0. The van der Waals surface area contributed by atoms with Crippen LogP contribution in [0.5, 0.6) is 0 Å². The molecule has 0 aliphatic carbocycles. The van der Waals surface area contributed by atoms with Gasteiger partial charge in [0.2, 0.25) is 0 Å². The van der Waals surface area contributed by atoms with Crippen molar-refractivity contribution in [3.8, 4) is 0 Å². The summed E-state index contributed by atoms with van der Waals surface area (Å²) < 4.78 is 0.745. The van der Waals surface area contributed by atoms with E-state index in [1.165, 1.54) is 0 Å². The first-order chi connectivity index (χ1) is 4.63. The van der Waals surface area contributed by atoms with Gasteiger partial charge in [0.1, 0.15) is 0 Å². The molecule has 0 aliphatic rings. The normalized spacial score (nSPS) is 6.46. The minimum absolute atomic E-state index is 0. The Balaban J connectivity index is -0.000000135. The summed E-state index contributed by atoms with van der Waals surface area (Å²) in [6, 6.07) is 0. The van der Waals surface area contributed by atoms with Crippen molar-refractivity contribution < 1.29 is 16.5 Å². The van der Waals surface area contributed by atoms with Crippen LogP contribution in [-0.4, -0.2) is 21.7 Å². The van der Waals surface area contributed by atoms with Gasteiger partial charge in [0.05, 0.1) is 0 Å². The Morgan fingerprint density at radius 1 is 0.923 bits per heavy atom. The Morgan fingerprint density at radius 3 is 1.31 bits per heavy atom. The van der Waals surface area contributed by atoms with Crippen molar-refractivity contribution in [2.24, 2.45) is 0 Å². The van der Waals surface area contributed by atoms with Crippen LogP contribution < -0.4 is 22.9 Å². The third-order valence-electron chi connectivity index (χ3n) is 0.664. The molecule has 9 heteroatoms. The molecule has 8 N–H and O–H groups in total. The summed E-state index contributed by atoms with van der Waals surface area (Å²) in [5.41, 5.74) is 0. The van der Waals surface area contributed by atoms with Gasteiger partial charge in [0.15, 0.2) is 0 Å². The van der Waals surface area contributed by atoms with Crippen molar-refractivity contribution in [3.05, 3.63) is 0 Å². The van der Waals surface area contributed by atoms with E-state index in [0.29, 0.717) is 21.7 Å². The molecule has 4 nitrogen and oxygen atoms in total. The predicted octanol–water partition coefficient (Wildman–Crippen LogP) is 0.151. The smallest absolute Gasteiger partial charge is 0.412 e. The van der Waals surface area contributed by atoms with E-state index >= 15 is 0 Å². The number of nitrogens with one attached hydrogen (secondary N) is 2. The second kappa shape index (κ2) is 15.1. The Labute approximate surface area is 110 Å². The zero-order chi connectivity index (χ0) is 7.98. The zero-order valence-electron chi connectivity index (χ0n) is 6.78. The SMILES string of the molecule is N.N.S=C([S-])NCCNC(=S)[S-].[Ni+2]. The molecule has 0 spiro atoms. The summed E-state index contributed by atoms with van der Waals surface area (Å²) in [5.74, 6) is 0. The molecule has 13 heavy (non-hydrogen) atoms. The van der Waals surface area contributed by atoms with Crippen LogP contribution >= 0.6 is 24.4 Å². The summed E-state index contributed by atoms with van der Waals surface area (Å²) in [5, 5.41) is 5.56. The van der Waals surface area contributed by atoms with E-state index in [2.05, 4.69) is 60.3 Å². The van der Waals surface area contributed by atoms with Crippen molar-refractivity contribution >= 4 is 58.3 Å². The van der Waals surface area contributed by atoms with Gasteiger partial charge in [-0.25, -0.2) is 0 Å². The third kappa shape index (κ3) is 24.5. The molecule has 0 amide bonds. The average molecular weight is 303 g/mol. The van der Waals surface area contributed by atoms with E-state index in [9.17, 15) is 0 Å². The van der Waals surface area contributed by atoms with Gasteiger partial charge in [-0.2, -0.15) is 0 Å². The van der Waals surface area contributed by atoms with Crippen LogP contribution in [0.2, 0.25) is 0 Å². The molecule has 0 aromatic rings. The number of thiocarbonyl (C=S) groups is 2. The monoisotopic (exact) mass is 302 g/mol. The Morgan fingerprint density at radius 2 is 1.15 bits per heavy atom. The maximum Gasteiger partial charge on any atom is 2.00 e. The number of hydrogen-bond acceptors (Lipinski definition) is 6. The first kappa shape index (κ1) is 23.4. The number of hydrogen-bond donors (Lipinski definition) is 4. The minimum Gasteiger partial charge on any atom is -0.412 e. The van der Waals surface area contributed by atoms with Crippen molar-refractivity contribution in [2.75, 3.05) is 13.1 Å². The van der Waals surface area contributed by atoms with Gasteiger partial charge in [0.25, 0.3) is 0 Å². The van der Waals surface area contributed by atoms with Crippen LogP contribution in [0.4, 0.5) is 0 Å². The van der Waals surface area contributed by atoms with Crippen molar-refractivity contribution in [3.63, 3.8) is 0 Å². The van der Waals surface area contributed by atoms with E-state index in [4.69, 9.17) is 0 Å². The van der Waals surface area contributed by atoms with Crippen molar-refractivity contribution in [2.45, 2.75) is 0 Å². The van der Waals surface area contributed by atoms with E-state index in [-0.39, 0.29) is 28.8 Å². The Hall–Kier alpha value is 0.634. The van der Waals surface area contributed by atoms with Gasteiger partial charge in [-0.15, -0.1) is 0 Å². The maximum absolute atomic E-state index is 4.59. The van der Waals surface area contributed by atoms with Crippen molar-refractivity contribution in [1.29, 1.82) is 0 Å². The fourth-order valence-electron chi connectivity index (χ4n) is 0.329. The van der Waals surface area contributed by atoms with Crippen LogP contribution in [0, 0.1) is 0 Å². The molecule has 0 saturated carbocycles. The summed E-state index contributed by atoms with van der Waals surface area (Å²) in [6.07, 6.45) is 0. The van der Waals surface area contributed by atoms with Crippen LogP contribution in [0.15, 0.2) is 0 Å². The topological polar surface area (TPSA) is 94.1 Å². The summed E-state index contributed by atoms with van der Waals surface area (Å²) in [7, 11) is 0. The van der Waals surface area contributed by atoms with Crippen LogP contribution in [0.25, 0.3) is 0 Å². The fraction of sp³-hybridized carbons (Fsp3) is 0.500. The summed E-state index contributed by atoms with van der Waals surface area (Å²) >= 11 is 18.4. The molecular formula is C4H12N4NiS4. The molecule has 0 aliphatic heterocycles. The molecule has 0 heterocycles. The first-order valence-electron chi connectivity index (χ1n) is 2.52. The van der Waals surface area contributed by atoms with Gasteiger partial charge in [-0.1, -0.05) is 8.64 Å². The van der Waals surface area contributed by atoms with E-state index in [1.807, 2.05) is 0 Å². The minimum atomic E-state index is 0. The molecule has 0 atom stereocenters. The molecule has 82 valence electrons. The quantitative estimate of drug-likeness (QED) is 0.253. The number of rotatable bonds is 3. The third-order valence-corrected chi connectivity index (χ3v) is 1.24. The molecule has 0 unspecified atom stereocenters. The second-order valence-corrected chi connectivity index (χ2v) is 3.58. The van der Waals surface area contributed by atoms with Gasteiger partial charge in [-0.05, 0) is 0 Å². The summed E-state index contributed by atoms with van der Waals surface area (Å²) in [6.45, 7) is 1.33. The summed E-state index contributed by atoms with van der Waals surface area (Å²) in [4.78, 5) is 0. The molecule has 0 bridgehead atoms. The van der Waals surface area contributed by atoms with E-state index < -0.39 is 0 Å². The fourth-order valence-corrected chi connectivity index (χ4v) is 0.737. The van der Waals surface area contributed by atoms with Crippen molar-refractivity contribution in [1.82, 2.24) is 22.9 Å². The average Bonchev–Trinajstić information content (AvgIpc) is 1.79. The molecule has 0 radical (unpaired) electrons. The largest absolute Gasteiger partial charge is 2.00 e. The van der Waals surface area contributed by atoms with Crippen LogP contribution in [0.3, 0.4) is 0 Å².